The predicted octanol–water partition coefficient (Wildman–Crippen LogP) is 3.60. The highest BCUT2D eigenvalue weighted by molar-refractivity contribution is 8.13. The van der Waals surface area contributed by atoms with E-state index in [1.54, 1.807) is 19.2 Å². The molecule has 2 rings (SSSR count). The van der Waals surface area contributed by atoms with E-state index < -0.39 is 9.05 Å². The Morgan fingerprint density at radius 1 is 1.05 bits per heavy atom. The van der Waals surface area contributed by atoms with Crippen LogP contribution in [0, 0.1) is 6.92 Å². The number of hydrogen-bond donors (Lipinski definition) is 0. The van der Waals surface area contributed by atoms with Crippen LogP contribution in [0.4, 0.5) is 0 Å². The molecule has 3 nitrogen and oxygen atoms in total. The first-order chi connectivity index (χ1) is 8.91. The summed E-state index contributed by atoms with van der Waals surface area (Å²) >= 11 is 0. The first-order valence-corrected chi connectivity index (χ1v) is 7.92. The molecule has 0 saturated carbocycles. The quantitative estimate of drug-likeness (QED) is 0.813. The molecule has 0 spiro atoms. The minimum Gasteiger partial charge on any atom is -0.497 e. The number of hydrogen-bond acceptors (Lipinski definition) is 3. The van der Waals surface area contributed by atoms with Crippen LogP contribution in [-0.4, -0.2) is 15.5 Å². The maximum absolute atomic E-state index is 11.4. The maximum atomic E-state index is 11.4. The van der Waals surface area contributed by atoms with Crippen LogP contribution in [0.2, 0.25) is 0 Å². The molecule has 0 amide bonds. The monoisotopic (exact) mass is 296 g/mol. The zero-order chi connectivity index (χ0) is 14.0. The van der Waals surface area contributed by atoms with Gasteiger partial charge in [0.05, 0.1) is 12.0 Å². The van der Waals surface area contributed by atoms with Gasteiger partial charge in [-0.05, 0) is 47.9 Å². The van der Waals surface area contributed by atoms with E-state index in [4.69, 9.17) is 15.4 Å². The molecule has 100 valence electrons. The van der Waals surface area contributed by atoms with Gasteiger partial charge in [0, 0.05) is 10.7 Å². The summed E-state index contributed by atoms with van der Waals surface area (Å²) in [7, 11) is 3.25. The molecule has 0 unspecified atom stereocenters. The highest BCUT2D eigenvalue weighted by atomic mass is 35.7. The van der Waals surface area contributed by atoms with Crippen LogP contribution in [0.3, 0.4) is 0 Å². The van der Waals surface area contributed by atoms with Crippen molar-refractivity contribution in [1.29, 1.82) is 0 Å². The molecule has 2 aromatic carbocycles. The van der Waals surface area contributed by atoms with Crippen LogP contribution in [-0.2, 0) is 9.05 Å². The van der Waals surface area contributed by atoms with Crippen molar-refractivity contribution in [1.82, 2.24) is 0 Å². The lowest BCUT2D eigenvalue weighted by Gasteiger charge is -2.08. The third-order valence-electron chi connectivity index (χ3n) is 2.89. The Morgan fingerprint density at radius 2 is 1.68 bits per heavy atom. The van der Waals surface area contributed by atoms with Crippen molar-refractivity contribution in [3.63, 3.8) is 0 Å². The van der Waals surface area contributed by atoms with Crippen molar-refractivity contribution in [3.8, 4) is 16.9 Å². The number of benzene rings is 2. The maximum Gasteiger partial charge on any atom is 0.261 e. The Kier molecular flexibility index (Phi) is 3.83. The van der Waals surface area contributed by atoms with Crippen molar-refractivity contribution >= 4 is 19.7 Å². The SMILES string of the molecule is COc1ccc(-c2cc(S(=O)(=O)Cl)ccc2C)cc1. The Bertz CT molecular complexity index is 691. The number of halogens is 1. The zero-order valence-corrected chi connectivity index (χ0v) is 12.1. The second-order valence-corrected chi connectivity index (χ2v) is 6.71. The fourth-order valence-electron chi connectivity index (χ4n) is 1.83. The normalized spacial score (nSPS) is 11.3. The Morgan fingerprint density at radius 3 is 2.21 bits per heavy atom. The molecule has 0 aromatic heterocycles. The summed E-state index contributed by atoms with van der Waals surface area (Å²) in [4.78, 5) is 0.102. The third kappa shape index (κ3) is 3.08. The minimum atomic E-state index is -3.72. The van der Waals surface area contributed by atoms with Gasteiger partial charge in [0.2, 0.25) is 0 Å². The van der Waals surface area contributed by atoms with Gasteiger partial charge in [-0.15, -0.1) is 0 Å². The van der Waals surface area contributed by atoms with Crippen LogP contribution < -0.4 is 4.74 Å². The van der Waals surface area contributed by atoms with Crippen molar-refractivity contribution in [2.45, 2.75) is 11.8 Å². The van der Waals surface area contributed by atoms with Crippen LogP contribution in [0.25, 0.3) is 11.1 Å². The minimum absolute atomic E-state index is 0.102. The van der Waals surface area contributed by atoms with E-state index >= 15 is 0 Å². The molecule has 19 heavy (non-hydrogen) atoms. The van der Waals surface area contributed by atoms with Gasteiger partial charge in [0.15, 0.2) is 0 Å². The lowest BCUT2D eigenvalue weighted by Crippen LogP contribution is -1.93. The second-order valence-electron chi connectivity index (χ2n) is 4.14. The molecule has 0 atom stereocenters. The van der Waals surface area contributed by atoms with Gasteiger partial charge in [-0.3, -0.25) is 0 Å². The van der Waals surface area contributed by atoms with Gasteiger partial charge in [-0.2, -0.15) is 0 Å². The zero-order valence-electron chi connectivity index (χ0n) is 10.6. The Labute approximate surface area is 117 Å². The van der Waals surface area contributed by atoms with Crippen LogP contribution in [0.1, 0.15) is 5.56 Å². The van der Waals surface area contributed by atoms with Gasteiger partial charge >= 0.3 is 0 Å². The summed E-state index contributed by atoms with van der Waals surface area (Å²) in [5.41, 5.74) is 2.74. The van der Waals surface area contributed by atoms with E-state index in [1.165, 1.54) is 6.07 Å². The summed E-state index contributed by atoms with van der Waals surface area (Å²) in [5, 5.41) is 0. The second kappa shape index (κ2) is 5.23. The molecule has 0 radical (unpaired) electrons. The van der Waals surface area contributed by atoms with Gasteiger partial charge < -0.3 is 4.74 Å². The topological polar surface area (TPSA) is 43.4 Å². The van der Waals surface area contributed by atoms with Gasteiger partial charge in [-0.1, -0.05) is 18.2 Å². The molecule has 0 N–H and O–H groups in total. The highest BCUT2D eigenvalue weighted by Gasteiger charge is 2.12. The fourth-order valence-corrected chi connectivity index (χ4v) is 2.61. The average Bonchev–Trinajstić information content (AvgIpc) is 2.38. The van der Waals surface area contributed by atoms with Crippen LogP contribution in [0.5, 0.6) is 5.75 Å². The van der Waals surface area contributed by atoms with E-state index in [1.807, 2.05) is 31.2 Å². The lowest BCUT2D eigenvalue weighted by atomic mass is 10.0. The van der Waals surface area contributed by atoms with Crippen molar-refractivity contribution in [2.75, 3.05) is 7.11 Å². The summed E-state index contributed by atoms with van der Waals surface area (Å²) in [6, 6.07) is 12.3. The number of rotatable bonds is 3. The van der Waals surface area contributed by atoms with E-state index in [9.17, 15) is 8.42 Å². The summed E-state index contributed by atoms with van der Waals surface area (Å²) in [6.07, 6.45) is 0. The molecular weight excluding hydrogens is 284 g/mol. The van der Waals surface area contributed by atoms with Gasteiger partial charge in [0.1, 0.15) is 5.75 Å². The molecule has 0 aliphatic carbocycles. The smallest absolute Gasteiger partial charge is 0.261 e. The van der Waals surface area contributed by atoms with E-state index in [0.29, 0.717) is 0 Å². The Hall–Kier alpha value is -1.52. The van der Waals surface area contributed by atoms with Crippen LogP contribution in [0.15, 0.2) is 47.4 Å². The molecule has 0 heterocycles. The molecule has 5 heteroatoms. The summed E-state index contributed by atoms with van der Waals surface area (Å²) < 4.78 is 27.8. The van der Waals surface area contributed by atoms with Crippen molar-refractivity contribution < 1.29 is 13.2 Å². The third-order valence-corrected chi connectivity index (χ3v) is 4.24. The Balaban J connectivity index is 2.54. The number of methoxy groups -OCH3 is 1. The highest BCUT2D eigenvalue weighted by Crippen LogP contribution is 2.28. The van der Waals surface area contributed by atoms with E-state index in [2.05, 4.69) is 0 Å². The summed E-state index contributed by atoms with van der Waals surface area (Å²) in [5.74, 6) is 0.752. The van der Waals surface area contributed by atoms with Crippen molar-refractivity contribution in [3.05, 3.63) is 48.0 Å². The molecule has 0 aliphatic rings. The van der Waals surface area contributed by atoms with Gasteiger partial charge in [-0.25, -0.2) is 8.42 Å². The largest absolute Gasteiger partial charge is 0.497 e. The number of aryl methyl sites for hydroxylation is 1. The lowest BCUT2D eigenvalue weighted by molar-refractivity contribution is 0.415. The molecule has 2 aromatic rings. The molecule has 0 saturated heterocycles. The summed E-state index contributed by atoms with van der Waals surface area (Å²) in [6.45, 7) is 1.92. The molecular formula is C14H13ClO3S. The molecule has 0 fully saturated rings. The van der Waals surface area contributed by atoms with Gasteiger partial charge in [0.25, 0.3) is 9.05 Å². The van der Waals surface area contributed by atoms with Crippen LogP contribution >= 0.6 is 10.7 Å². The number of ether oxygens (including phenoxy) is 1. The van der Waals surface area contributed by atoms with Crippen molar-refractivity contribution in [2.24, 2.45) is 0 Å². The first kappa shape index (κ1) is 13.9. The standard InChI is InChI=1S/C14H13ClO3S/c1-10-3-8-13(19(15,16)17)9-14(10)11-4-6-12(18-2)7-5-11/h3-9H,1-2H3. The average molecular weight is 297 g/mol. The van der Waals surface area contributed by atoms with E-state index in [-0.39, 0.29) is 4.90 Å². The molecule has 0 aliphatic heterocycles. The first-order valence-electron chi connectivity index (χ1n) is 5.61. The van der Waals surface area contributed by atoms with E-state index in [0.717, 1.165) is 22.4 Å². The fraction of sp³-hybridized carbons (Fsp3) is 0.143. The predicted molar refractivity (Wildman–Crippen MR) is 76.2 cm³/mol. The molecule has 0 bridgehead atoms.